The van der Waals surface area contributed by atoms with Crippen molar-refractivity contribution in [2.75, 3.05) is 0 Å². The van der Waals surface area contributed by atoms with Crippen molar-refractivity contribution < 1.29 is 8.42 Å². The van der Waals surface area contributed by atoms with Gasteiger partial charge in [0.1, 0.15) is 0 Å². The largest absolute Gasteiger partial charge is 0.238 e. The molecule has 0 aromatic heterocycles. The zero-order valence-electron chi connectivity index (χ0n) is 7.16. The SMILES string of the molecule is [N-]=[N+]=NCc1ccccc1S(N)(=O)=O. The summed E-state index contributed by atoms with van der Waals surface area (Å²) in [5.41, 5.74) is 8.50. The fraction of sp³-hybridized carbons (Fsp3) is 0.143. The summed E-state index contributed by atoms with van der Waals surface area (Å²) in [5, 5.41) is 8.24. The minimum absolute atomic E-state index is 0.00704. The number of azide groups is 1. The van der Waals surface area contributed by atoms with Crippen LogP contribution in [0.5, 0.6) is 0 Å². The van der Waals surface area contributed by atoms with Crippen LogP contribution in [0.2, 0.25) is 0 Å². The maximum atomic E-state index is 11.1. The lowest BCUT2D eigenvalue weighted by Gasteiger charge is -2.03. The molecule has 6 nitrogen and oxygen atoms in total. The topological polar surface area (TPSA) is 109 Å². The lowest BCUT2D eigenvalue weighted by atomic mass is 10.2. The van der Waals surface area contributed by atoms with Gasteiger partial charge in [0.2, 0.25) is 10.0 Å². The smallest absolute Gasteiger partial charge is 0.225 e. The number of hydrogen-bond acceptors (Lipinski definition) is 3. The molecule has 0 saturated heterocycles. The van der Waals surface area contributed by atoms with Gasteiger partial charge in [-0.3, -0.25) is 0 Å². The van der Waals surface area contributed by atoms with Crippen molar-refractivity contribution in [1.82, 2.24) is 0 Å². The van der Waals surface area contributed by atoms with E-state index in [0.29, 0.717) is 5.56 Å². The Bertz CT molecular complexity index is 476. The highest BCUT2D eigenvalue weighted by atomic mass is 32.2. The number of sulfonamides is 1. The maximum absolute atomic E-state index is 11.1. The Hall–Kier alpha value is -1.56. The minimum atomic E-state index is -3.75. The Kier molecular flexibility index (Phi) is 3.08. The van der Waals surface area contributed by atoms with Crippen LogP contribution in [0.15, 0.2) is 34.3 Å². The van der Waals surface area contributed by atoms with Crippen LogP contribution in [-0.4, -0.2) is 8.42 Å². The first-order chi connectivity index (χ1) is 6.55. The van der Waals surface area contributed by atoms with E-state index in [1.54, 1.807) is 18.2 Å². The summed E-state index contributed by atoms with van der Waals surface area (Å²) >= 11 is 0. The summed E-state index contributed by atoms with van der Waals surface area (Å²) in [7, 11) is -3.75. The van der Waals surface area contributed by atoms with Gasteiger partial charge >= 0.3 is 0 Å². The van der Waals surface area contributed by atoms with Crippen LogP contribution in [0.1, 0.15) is 5.56 Å². The number of nitrogens with two attached hydrogens (primary N) is 1. The molecule has 1 rings (SSSR count). The standard InChI is InChI=1S/C7H8N4O2S/c8-11-10-5-6-3-1-2-4-7(6)14(9,12)13/h1-4H,5H2,(H2,9,12,13). The minimum Gasteiger partial charge on any atom is -0.225 e. The van der Waals surface area contributed by atoms with Crippen molar-refractivity contribution in [3.8, 4) is 0 Å². The van der Waals surface area contributed by atoms with Gasteiger partial charge in [-0.25, -0.2) is 13.6 Å². The molecule has 0 amide bonds. The van der Waals surface area contributed by atoms with Crippen molar-refractivity contribution in [3.05, 3.63) is 40.3 Å². The molecule has 0 spiro atoms. The fourth-order valence-electron chi connectivity index (χ4n) is 1.02. The molecular formula is C7H8N4O2S. The van der Waals surface area contributed by atoms with Crippen LogP contribution >= 0.6 is 0 Å². The average molecular weight is 212 g/mol. The molecule has 1 aromatic carbocycles. The van der Waals surface area contributed by atoms with Crippen LogP contribution in [0.25, 0.3) is 10.4 Å². The third-order valence-corrected chi connectivity index (χ3v) is 2.59. The van der Waals surface area contributed by atoms with Gasteiger partial charge in [0.15, 0.2) is 0 Å². The van der Waals surface area contributed by atoms with Gasteiger partial charge in [-0.1, -0.05) is 23.3 Å². The molecule has 2 N–H and O–H groups in total. The maximum Gasteiger partial charge on any atom is 0.238 e. The van der Waals surface area contributed by atoms with E-state index in [4.69, 9.17) is 10.7 Å². The molecular weight excluding hydrogens is 204 g/mol. The van der Waals surface area contributed by atoms with E-state index < -0.39 is 10.0 Å². The molecule has 0 fully saturated rings. The Morgan fingerprint density at radius 3 is 2.64 bits per heavy atom. The van der Waals surface area contributed by atoms with E-state index in [1.807, 2.05) is 0 Å². The van der Waals surface area contributed by atoms with Gasteiger partial charge in [0.25, 0.3) is 0 Å². The zero-order chi connectivity index (χ0) is 10.6. The second-order valence-electron chi connectivity index (χ2n) is 2.54. The van der Waals surface area contributed by atoms with Crippen LogP contribution in [0, 0.1) is 0 Å². The molecule has 74 valence electrons. The van der Waals surface area contributed by atoms with Crippen molar-refractivity contribution >= 4 is 10.0 Å². The van der Waals surface area contributed by atoms with E-state index in [0.717, 1.165) is 0 Å². The highest BCUT2D eigenvalue weighted by Gasteiger charge is 2.11. The van der Waals surface area contributed by atoms with Crippen LogP contribution in [0.3, 0.4) is 0 Å². The summed E-state index contributed by atoms with van der Waals surface area (Å²) in [6.45, 7) is -0.0247. The van der Waals surface area contributed by atoms with E-state index in [1.165, 1.54) is 6.07 Å². The number of hydrogen-bond donors (Lipinski definition) is 1. The Morgan fingerprint density at radius 1 is 1.43 bits per heavy atom. The molecule has 0 aliphatic carbocycles. The first-order valence-electron chi connectivity index (χ1n) is 3.67. The summed E-state index contributed by atoms with van der Waals surface area (Å²) in [6.07, 6.45) is 0. The third kappa shape index (κ3) is 2.46. The number of benzene rings is 1. The molecule has 0 radical (unpaired) electrons. The molecule has 7 heteroatoms. The molecule has 0 atom stereocenters. The number of nitrogens with zero attached hydrogens (tertiary/aromatic N) is 3. The Balaban J connectivity index is 3.23. The van der Waals surface area contributed by atoms with E-state index in [-0.39, 0.29) is 11.4 Å². The van der Waals surface area contributed by atoms with Gasteiger partial charge in [-0.2, -0.15) is 0 Å². The van der Waals surface area contributed by atoms with Gasteiger partial charge in [-0.15, -0.1) is 0 Å². The lowest BCUT2D eigenvalue weighted by molar-refractivity contribution is 0.596. The summed E-state index contributed by atoms with van der Waals surface area (Å²) in [6, 6.07) is 6.13. The van der Waals surface area contributed by atoms with E-state index in [2.05, 4.69) is 10.0 Å². The van der Waals surface area contributed by atoms with Crippen molar-refractivity contribution in [2.45, 2.75) is 11.4 Å². The molecule has 0 heterocycles. The van der Waals surface area contributed by atoms with E-state index in [9.17, 15) is 8.42 Å². The quantitative estimate of drug-likeness (QED) is 0.460. The predicted molar refractivity (Wildman–Crippen MR) is 50.7 cm³/mol. The van der Waals surface area contributed by atoms with Crippen LogP contribution in [0.4, 0.5) is 0 Å². The molecule has 0 aliphatic rings. The number of primary sulfonamides is 1. The number of rotatable bonds is 3. The van der Waals surface area contributed by atoms with Gasteiger partial charge < -0.3 is 0 Å². The van der Waals surface area contributed by atoms with Gasteiger partial charge in [0.05, 0.1) is 11.4 Å². The summed E-state index contributed by atoms with van der Waals surface area (Å²) < 4.78 is 22.1. The summed E-state index contributed by atoms with van der Waals surface area (Å²) in [4.78, 5) is 2.54. The monoisotopic (exact) mass is 212 g/mol. The molecule has 14 heavy (non-hydrogen) atoms. The van der Waals surface area contributed by atoms with Crippen molar-refractivity contribution in [1.29, 1.82) is 0 Å². The normalized spacial score (nSPS) is 10.6. The lowest BCUT2D eigenvalue weighted by Crippen LogP contribution is -2.14. The fourth-order valence-corrected chi connectivity index (χ4v) is 1.79. The molecule has 0 aliphatic heterocycles. The second-order valence-corrected chi connectivity index (χ2v) is 4.07. The highest BCUT2D eigenvalue weighted by Crippen LogP contribution is 2.14. The summed E-state index contributed by atoms with van der Waals surface area (Å²) in [5.74, 6) is 0. The Labute approximate surface area is 81.0 Å². The molecule has 0 saturated carbocycles. The highest BCUT2D eigenvalue weighted by molar-refractivity contribution is 7.89. The molecule has 0 unspecified atom stereocenters. The Morgan fingerprint density at radius 2 is 2.07 bits per heavy atom. The third-order valence-electron chi connectivity index (χ3n) is 1.58. The van der Waals surface area contributed by atoms with Gasteiger partial charge in [-0.05, 0) is 17.2 Å². The second kappa shape index (κ2) is 4.10. The molecule has 0 bridgehead atoms. The average Bonchev–Trinajstić information content (AvgIpc) is 2.14. The first kappa shape index (κ1) is 10.5. The molecule has 1 aromatic rings. The van der Waals surface area contributed by atoms with Crippen LogP contribution in [-0.2, 0) is 16.6 Å². The first-order valence-corrected chi connectivity index (χ1v) is 5.22. The predicted octanol–water partition coefficient (Wildman–Crippen LogP) is 1.14. The van der Waals surface area contributed by atoms with Crippen molar-refractivity contribution in [2.24, 2.45) is 10.3 Å². The zero-order valence-corrected chi connectivity index (χ0v) is 7.98. The van der Waals surface area contributed by atoms with E-state index >= 15 is 0 Å². The van der Waals surface area contributed by atoms with Crippen LogP contribution < -0.4 is 5.14 Å². The van der Waals surface area contributed by atoms with Crippen molar-refractivity contribution in [3.63, 3.8) is 0 Å². The van der Waals surface area contributed by atoms with Gasteiger partial charge in [0, 0.05) is 4.91 Å².